The van der Waals surface area contributed by atoms with Gasteiger partial charge in [-0.1, -0.05) is 30.3 Å². The van der Waals surface area contributed by atoms with E-state index in [-0.39, 0.29) is 18.1 Å². The Labute approximate surface area is 178 Å². The predicted molar refractivity (Wildman–Crippen MR) is 108 cm³/mol. The van der Waals surface area contributed by atoms with Crippen LogP contribution in [0.1, 0.15) is 34.8 Å². The number of benzene rings is 1. The van der Waals surface area contributed by atoms with Crippen LogP contribution in [-0.4, -0.2) is 58.3 Å². The molecule has 0 aliphatic carbocycles. The number of hydrogen-bond donors (Lipinski definition) is 1. The molecule has 0 unspecified atom stereocenters. The molecule has 0 spiro atoms. The maximum Gasteiger partial charge on any atom is 0.490 e. The topological polar surface area (TPSA) is 79.7 Å². The number of amides is 1. The fourth-order valence-corrected chi connectivity index (χ4v) is 3.42. The lowest BCUT2D eigenvalue weighted by Crippen LogP contribution is -2.42. The number of carboxylic acid groups (broad SMARTS) is 1. The number of carbonyl (C=O) groups excluding carboxylic acids is 1. The fraction of sp³-hybridized carbons (Fsp3) is 0.409. The third-order valence-electron chi connectivity index (χ3n) is 4.78. The van der Waals surface area contributed by atoms with E-state index in [1.807, 2.05) is 43.0 Å². The van der Waals surface area contributed by atoms with Crippen molar-refractivity contribution in [3.8, 4) is 0 Å². The van der Waals surface area contributed by atoms with E-state index in [0.717, 1.165) is 24.9 Å². The second-order valence-electron chi connectivity index (χ2n) is 7.09. The van der Waals surface area contributed by atoms with Crippen molar-refractivity contribution in [2.75, 3.05) is 13.2 Å². The normalized spacial score (nSPS) is 18.3. The van der Waals surface area contributed by atoms with Gasteiger partial charge in [0.05, 0.1) is 17.7 Å². The van der Waals surface area contributed by atoms with E-state index < -0.39 is 12.1 Å². The Kier molecular flexibility index (Phi) is 8.56. The van der Waals surface area contributed by atoms with Crippen LogP contribution in [0, 0.1) is 6.92 Å². The lowest BCUT2D eigenvalue weighted by Gasteiger charge is -2.28. The van der Waals surface area contributed by atoms with Crippen LogP contribution in [0.15, 0.2) is 48.8 Å². The summed E-state index contributed by atoms with van der Waals surface area (Å²) in [5.41, 5.74) is 2.89. The maximum atomic E-state index is 13.0. The van der Waals surface area contributed by atoms with Crippen molar-refractivity contribution in [3.63, 3.8) is 0 Å². The van der Waals surface area contributed by atoms with E-state index in [2.05, 4.69) is 17.1 Å². The van der Waals surface area contributed by atoms with Crippen LogP contribution in [0.25, 0.3) is 0 Å². The van der Waals surface area contributed by atoms with Gasteiger partial charge in [0.15, 0.2) is 0 Å². The van der Waals surface area contributed by atoms with Gasteiger partial charge in [0.2, 0.25) is 0 Å². The van der Waals surface area contributed by atoms with Gasteiger partial charge in [-0.2, -0.15) is 13.2 Å². The van der Waals surface area contributed by atoms with Gasteiger partial charge < -0.3 is 14.7 Å². The average molecular weight is 438 g/mol. The largest absolute Gasteiger partial charge is 0.490 e. The van der Waals surface area contributed by atoms with Crippen molar-refractivity contribution >= 4 is 11.9 Å². The summed E-state index contributed by atoms with van der Waals surface area (Å²) < 4.78 is 37.7. The van der Waals surface area contributed by atoms with Gasteiger partial charge >= 0.3 is 12.1 Å². The molecular weight excluding hydrogens is 413 g/mol. The summed E-state index contributed by atoms with van der Waals surface area (Å²) in [5, 5.41) is 7.12. The molecule has 0 radical (unpaired) electrons. The minimum atomic E-state index is -5.08. The molecule has 1 aromatic heterocycles. The monoisotopic (exact) mass is 438 g/mol. The van der Waals surface area contributed by atoms with Crippen molar-refractivity contribution in [1.29, 1.82) is 0 Å². The Morgan fingerprint density at radius 2 is 1.87 bits per heavy atom. The van der Waals surface area contributed by atoms with E-state index in [1.165, 1.54) is 5.56 Å². The van der Waals surface area contributed by atoms with Crippen LogP contribution < -0.4 is 0 Å². The second kappa shape index (κ2) is 10.9. The van der Waals surface area contributed by atoms with Gasteiger partial charge in [-0.25, -0.2) is 4.79 Å². The zero-order chi connectivity index (χ0) is 23.0. The number of carboxylic acids is 1. The average Bonchev–Trinajstić information content (AvgIpc) is 3.10. The number of nitrogens with zero attached hydrogens (tertiary/aromatic N) is 2. The number of likely N-dealkylation sites (tertiary alicyclic amines) is 1. The van der Waals surface area contributed by atoms with Crippen LogP contribution in [0.5, 0.6) is 0 Å². The molecule has 1 saturated heterocycles. The first-order valence-corrected chi connectivity index (χ1v) is 9.81. The van der Waals surface area contributed by atoms with Crippen LogP contribution in [0.2, 0.25) is 0 Å². The Morgan fingerprint density at radius 3 is 2.42 bits per heavy atom. The number of ether oxygens (including phenoxy) is 1. The second-order valence-corrected chi connectivity index (χ2v) is 7.09. The molecule has 9 heteroatoms. The summed E-state index contributed by atoms with van der Waals surface area (Å²) in [6, 6.07) is 12.3. The van der Waals surface area contributed by atoms with E-state index in [4.69, 9.17) is 14.6 Å². The van der Waals surface area contributed by atoms with Gasteiger partial charge in [-0.15, -0.1) is 0 Å². The highest BCUT2D eigenvalue weighted by molar-refractivity contribution is 5.94. The third-order valence-corrected chi connectivity index (χ3v) is 4.78. The lowest BCUT2D eigenvalue weighted by molar-refractivity contribution is -0.192. The van der Waals surface area contributed by atoms with Gasteiger partial charge in [0.1, 0.15) is 0 Å². The summed E-state index contributed by atoms with van der Waals surface area (Å²) in [7, 11) is 0. The van der Waals surface area contributed by atoms with Crippen molar-refractivity contribution < 1.29 is 32.6 Å². The molecule has 1 aliphatic heterocycles. The lowest BCUT2D eigenvalue weighted by atomic mass is 10.0. The van der Waals surface area contributed by atoms with Gasteiger partial charge in [0, 0.05) is 25.5 Å². The number of aryl methyl sites for hydroxylation is 1. The van der Waals surface area contributed by atoms with Gasteiger partial charge in [0.25, 0.3) is 5.91 Å². The molecule has 6 nitrogen and oxygen atoms in total. The Balaban J connectivity index is 0.000000423. The standard InChI is InChI=1S/C20H24N2O2.C2HF3O2/c1-3-24-19-9-10-22(18(19)12-16-7-5-4-6-8-16)20(23)17-11-15(2)13-21-14-17;3-2(4,5)1(6)7/h4-8,11,13-14,18-19H,3,9-10,12H2,1-2H3;(H,6,7)/t18-,19-;/m0./s1. The summed E-state index contributed by atoms with van der Waals surface area (Å²) in [6.45, 7) is 5.37. The summed E-state index contributed by atoms with van der Waals surface area (Å²) in [5.74, 6) is -2.71. The molecule has 168 valence electrons. The molecule has 1 N–H and O–H groups in total. The zero-order valence-electron chi connectivity index (χ0n) is 17.3. The molecular formula is C22H25F3N2O4. The fourth-order valence-electron chi connectivity index (χ4n) is 3.42. The highest BCUT2D eigenvalue weighted by atomic mass is 19.4. The minimum Gasteiger partial charge on any atom is -0.475 e. The SMILES string of the molecule is CCO[C@H]1CCN(C(=O)c2cncc(C)c2)[C@H]1Cc1ccccc1.O=C(O)C(F)(F)F. The quantitative estimate of drug-likeness (QED) is 0.766. The summed E-state index contributed by atoms with van der Waals surface area (Å²) >= 11 is 0. The molecule has 2 heterocycles. The molecule has 1 aromatic carbocycles. The van der Waals surface area contributed by atoms with Crippen LogP contribution in [0.4, 0.5) is 13.2 Å². The van der Waals surface area contributed by atoms with E-state index in [0.29, 0.717) is 12.2 Å². The zero-order valence-corrected chi connectivity index (χ0v) is 17.3. The number of rotatable bonds is 5. The number of hydrogen-bond acceptors (Lipinski definition) is 4. The minimum absolute atomic E-state index is 0.0503. The molecule has 0 saturated carbocycles. The van der Waals surface area contributed by atoms with E-state index in [1.54, 1.807) is 12.4 Å². The van der Waals surface area contributed by atoms with Crippen molar-refractivity contribution in [2.45, 2.75) is 45.0 Å². The van der Waals surface area contributed by atoms with Crippen molar-refractivity contribution in [3.05, 3.63) is 65.5 Å². The number of alkyl halides is 3. The number of aromatic nitrogens is 1. The van der Waals surface area contributed by atoms with Crippen molar-refractivity contribution in [1.82, 2.24) is 9.88 Å². The molecule has 1 amide bonds. The molecule has 0 bridgehead atoms. The first-order valence-electron chi connectivity index (χ1n) is 9.81. The number of aliphatic carboxylic acids is 1. The molecule has 3 rings (SSSR count). The first kappa shape index (κ1) is 24.3. The Morgan fingerprint density at radius 1 is 1.23 bits per heavy atom. The van der Waals surface area contributed by atoms with Gasteiger partial charge in [-0.3, -0.25) is 9.78 Å². The molecule has 2 atom stereocenters. The van der Waals surface area contributed by atoms with Gasteiger partial charge in [-0.05, 0) is 43.9 Å². The maximum absolute atomic E-state index is 13.0. The summed E-state index contributed by atoms with van der Waals surface area (Å²) in [4.78, 5) is 28.0. The molecule has 2 aromatic rings. The van der Waals surface area contributed by atoms with E-state index >= 15 is 0 Å². The van der Waals surface area contributed by atoms with Crippen LogP contribution >= 0.6 is 0 Å². The smallest absolute Gasteiger partial charge is 0.475 e. The highest BCUT2D eigenvalue weighted by Gasteiger charge is 2.38. The number of carbonyl (C=O) groups is 2. The Hall–Kier alpha value is -2.94. The molecule has 31 heavy (non-hydrogen) atoms. The third kappa shape index (κ3) is 7.06. The molecule has 1 fully saturated rings. The number of pyridine rings is 1. The highest BCUT2D eigenvalue weighted by Crippen LogP contribution is 2.26. The summed E-state index contributed by atoms with van der Waals surface area (Å²) in [6.07, 6.45) is 0.137. The number of halogens is 3. The van der Waals surface area contributed by atoms with Crippen LogP contribution in [0.3, 0.4) is 0 Å². The van der Waals surface area contributed by atoms with Crippen molar-refractivity contribution in [2.24, 2.45) is 0 Å². The first-order chi connectivity index (χ1) is 14.6. The predicted octanol–water partition coefficient (Wildman–Crippen LogP) is 3.89. The van der Waals surface area contributed by atoms with Crippen LogP contribution in [-0.2, 0) is 16.0 Å². The van der Waals surface area contributed by atoms with E-state index in [9.17, 15) is 18.0 Å². The Bertz CT molecular complexity index is 875. The molecule has 1 aliphatic rings.